The fourth-order valence-corrected chi connectivity index (χ4v) is 2.60. The lowest BCUT2D eigenvalue weighted by Gasteiger charge is -2.55. The molecule has 0 bridgehead atoms. The van der Waals surface area contributed by atoms with E-state index in [0.717, 1.165) is 12.0 Å². The summed E-state index contributed by atoms with van der Waals surface area (Å²) in [7, 11) is 0. The third-order valence-corrected chi connectivity index (χ3v) is 3.68. The molecule has 18 heavy (non-hydrogen) atoms. The van der Waals surface area contributed by atoms with E-state index in [-0.39, 0.29) is 0 Å². The van der Waals surface area contributed by atoms with Crippen molar-refractivity contribution in [3.63, 3.8) is 0 Å². The molecular weight excluding hydrogens is 228 g/mol. The van der Waals surface area contributed by atoms with Crippen LogP contribution in [-0.2, 0) is 19.9 Å². The summed E-state index contributed by atoms with van der Waals surface area (Å²) in [4.78, 5) is 11.5. The van der Waals surface area contributed by atoms with Gasteiger partial charge in [-0.25, -0.2) is 4.79 Å². The molecule has 1 aromatic carbocycles. The highest BCUT2D eigenvalue weighted by Crippen LogP contribution is 2.50. The van der Waals surface area contributed by atoms with Crippen molar-refractivity contribution in [3.8, 4) is 0 Å². The van der Waals surface area contributed by atoms with E-state index in [1.54, 1.807) is 0 Å². The minimum Gasteiger partial charge on any atom is -0.450 e. The summed E-state index contributed by atoms with van der Waals surface area (Å²) in [6.45, 7) is 7.79. The maximum Gasteiger partial charge on any atom is 0.330 e. The molecule has 0 aromatic heterocycles. The van der Waals surface area contributed by atoms with Gasteiger partial charge in [-0.05, 0) is 18.9 Å². The van der Waals surface area contributed by atoms with Gasteiger partial charge in [0, 0.05) is 6.08 Å². The summed E-state index contributed by atoms with van der Waals surface area (Å²) in [6.07, 6.45) is 1.94. The SMILES string of the molecule is C=CC(=O)OC1(C)COC1(CC)c1ccccc1. The topological polar surface area (TPSA) is 35.5 Å². The maximum absolute atomic E-state index is 11.5. The Morgan fingerprint density at radius 1 is 1.50 bits per heavy atom. The van der Waals surface area contributed by atoms with Gasteiger partial charge in [-0.2, -0.15) is 0 Å². The molecule has 96 valence electrons. The lowest BCUT2D eigenvalue weighted by atomic mass is 9.72. The summed E-state index contributed by atoms with van der Waals surface area (Å²) >= 11 is 0. The van der Waals surface area contributed by atoms with Gasteiger partial charge in [-0.15, -0.1) is 0 Å². The molecule has 1 aliphatic rings. The molecule has 2 unspecified atom stereocenters. The zero-order valence-electron chi connectivity index (χ0n) is 10.8. The van der Waals surface area contributed by atoms with Crippen LogP contribution in [0.5, 0.6) is 0 Å². The first-order valence-electron chi connectivity index (χ1n) is 6.13. The van der Waals surface area contributed by atoms with Crippen molar-refractivity contribution >= 4 is 5.97 Å². The minimum atomic E-state index is -0.631. The van der Waals surface area contributed by atoms with E-state index in [2.05, 4.69) is 6.58 Å². The molecule has 2 rings (SSSR count). The van der Waals surface area contributed by atoms with Crippen LogP contribution in [0.1, 0.15) is 25.8 Å². The standard InChI is InChI=1S/C15H18O3/c1-4-13(16)18-14(3)11-17-15(14,5-2)12-9-7-6-8-10-12/h4,6-10H,1,5,11H2,2-3H3. The van der Waals surface area contributed by atoms with Crippen molar-refractivity contribution in [1.82, 2.24) is 0 Å². The van der Waals surface area contributed by atoms with E-state index in [1.165, 1.54) is 6.08 Å². The molecule has 0 aliphatic carbocycles. The fourth-order valence-electron chi connectivity index (χ4n) is 2.60. The number of rotatable bonds is 4. The molecule has 1 fully saturated rings. The highest BCUT2D eigenvalue weighted by Gasteiger charge is 2.60. The van der Waals surface area contributed by atoms with E-state index in [0.29, 0.717) is 6.61 Å². The van der Waals surface area contributed by atoms with Crippen molar-refractivity contribution in [2.75, 3.05) is 6.61 Å². The average Bonchev–Trinajstić information content (AvgIpc) is 2.39. The lowest BCUT2D eigenvalue weighted by molar-refractivity contribution is -0.310. The molecule has 2 atom stereocenters. The summed E-state index contributed by atoms with van der Waals surface area (Å²) < 4.78 is 11.3. The van der Waals surface area contributed by atoms with Gasteiger partial charge in [0.25, 0.3) is 0 Å². The summed E-state index contributed by atoms with van der Waals surface area (Å²) in [5, 5.41) is 0. The van der Waals surface area contributed by atoms with Crippen LogP contribution < -0.4 is 0 Å². The molecule has 1 aromatic rings. The van der Waals surface area contributed by atoms with Crippen LogP contribution in [0.3, 0.4) is 0 Å². The second-order valence-electron chi connectivity index (χ2n) is 4.69. The van der Waals surface area contributed by atoms with E-state index in [4.69, 9.17) is 9.47 Å². The Labute approximate surface area is 107 Å². The lowest BCUT2D eigenvalue weighted by Crippen LogP contribution is -2.66. The monoisotopic (exact) mass is 246 g/mol. The predicted molar refractivity (Wildman–Crippen MR) is 69.1 cm³/mol. The number of esters is 1. The van der Waals surface area contributed by atoms with Gasteiger partial charge in [0.1, 0.15) is 5.60 Å². The Balaban J connectivity index is 2.34. The normalized spacial score (nSPS) is 30.3. The van der Waals surface area contributed by atoms with Gasteiger partial charge in [0.2, 0.25) is 0 Å². The summed E-state index contributed by atoms with van der Waals surface area (Å²) in [5.41, 5.74) is -0.139. The minimum absolute atomic E-state index is 0.408. The van der Waals surface area contributed by atoms with E-state index in [9.17, 15) is 4.79 Å². The zero-order chi connectivity index (χ0) is 13.2. The summed E-state index contributed by atoms with van der Waals surface area (Å²) in [5.74, 6) is -0.408. The second kappa shape index (κ2) is 4.58. The summed E-state index contributed by atoms with van der Waals surface area (Å²) in [6, 6.07) is 9.89. The first kappa shape index (κ1) is 12.8. The number of benzene rings is 1. The van der Waals surface area contributed by atoms with Gasteiger partial charge in [0.15, 0.2) is 5.60 Å². The molecule has 0 N–H and O–H groups in total. The zero-order valence-corrected chi connectivity index (χ0v) is 10.8. The fraction of sp³-hybridized carbons (Fsp3) is 0.400. The number of ether oxygens (including phenoxy) is 2. The van der Waals surface area contributed by atoms with Crippen LogP contribution in [0.4, 0.5) is 0 Å². The first-order valence-corrected chi connectivity index (χ1v) is 6.13. The molecule has 3 heteroatoms. The maximum atomic E-state index is 11.5. The highest BCUT2D eigenvalue weighted by molar-refractivity contribution is 5.81. The molecular formula is C15H18O3. The Bertz CT molecular complexity index is 450. The highest BCUT2D eigenvalue weighted by atomic mass is 16.6. The van der Waals surface area contributed by atoms with Gasteiger partial charge >= 0.3 is 5.97 Å². The molecule has 0 saturated carbocycles. The molecule has 1 aliphatic heterocycles. The third-order valence-electron chi connectivity index (χ3n) is 3.68. The van der Waals surface area contributed by atoms with E-state index < -0.39 is 17.2 Å². The van der Waals surface area contributed by atoms with Crippen LogP contribution in [0.25, 0.3) is 0 Å². The number of carbonyl (C=O) groups is 1. The van der Waals surface area contributed by atoms with Crippen LogP contribution >= 0.6 is 0 Å². The number of carbonyl (C=O) groups excluding carboxylic acids is 1. The largest absolute Gasteiger partial charge is 0.450 e. The average molecular weight is 246 g/mol. The first-order chi connectivity index (χ1) is 8.58. The van der Waals surface area contributed by atoms with Gasteiger partial charge in [-0.3, -0.25) is 0 Å². The van der Waals surface area contributed by atoms with Crippen LogP contribution in [0, 0.1) is 0 Å². The quantitative estimate of drug-likeness (QED) is 0.605. The van der Waals surface area contributed by atoms with Crippen molar-refractivity contribution in [2.24, 2.45) is 0 Å². The van der Waals surface area contributed by atoms with Crippen molar-refractivity contribution < 1.29 is 14.3 Å². The van der Waals surface area contributed by atoms with Crippen molar-refractivity contribution in [3.05, 3.63) is 48.6 Å². The molecule has 1 saturated heterocycles. The van der Waals surface area contributed by atoms with Crippen LogP contribution in [0.2, 0.25) is 0 Å². The van der Waals surface area contributed by atoms with Gasteiger partial charge in [-0.1, -0.05) is 43.8 Å². The molecule has 0 radical (unpaired) electrons. The molecule has 0 spiro atoms. The van der Waals surface area contributed by atoms with Crippen LogP contribution in [-0.4, -0.2) is 18.2 Å². The third kappa shape index (κ3) is 1.75. The smallest absolute Gasteiger partial charge is 0.330 e. The van der Waals surface area contributed by atoms with Gasteiger partial charge in [0.05, 0.1) is 6.61 Å². The van der Waals surface area contributed by atoms with Crippen molar-refractivity contribution in [1.29, 1.82) is 0 Å². The van der Waals surface area contributed by atoms with Crippen molar-refractivity contribution in [2.45, 2.75) is 31.5 Å². The van der Waals surface area contributed by atoms with E-state index in [1.807, 2.05) is 44.2 Å². The number of hydrogen-bond donors (Lipinski definition) is 0. The van der Waals surface area contributed by atoms with E-state index >= 15 is 0 Å². The molecule has 1 heterocycles. The molecule has 0 amide bonds. The number of hydrogen-bond acceptors (Lipinski definition) is 3. The Morgan fingerprint density at radius 2 is 2.17 bits per heavy atom. The molecule has 3 nitrogen and oxygen atoms in total. The van der Waals surface area contributed by atoms with Crippen LogP contribution in [0.15, 0.2) is 43.0 Å². The Morgan fingerprint density at radius 3 is 2.61 bits per heavy atom. The predicted octanol–water partition coefficient (Wildman–Crippen LogP) is 2.81. The Hall–Kier alpha value is -1.61. The second-order valence-corrected chi connectivity index (χ2v) is 4.69. The van der Waals surface area contributed by atoms with Gasteiger partial charge < -0.3 is 9.47 Å². The Kier molecular flexibility index (Phi) is 3.26.